The number of aliphatic hydroxyl groups is 2. The maximum absolute atomic E-state index is 9.22. The van der Waals surface area contributed by atoms with Gasteiger partial charge in [-0.2, -0.15) is 0 Å². The normalized spacial score (nSPS) is 6.67. The fourth-order valence-electron chi connectivity index (χ4n) is 0.0609. The number of carbonyl (C=O) groups is 1. The van der Waals surface area contributed by atoms with Crippen molar-refractivity contribution in [3.05, 3.63) is 12.0 Å². The monoisotopic (exact) mass is 88.0 g/mol. The molecule has 0 saturated heterocycles. The molecule has 6 heavy (non-hydrogen) atoms. The van der Waals surface area contributed by atoms with Gasteiger partial charge in [0.25, 0.3) is 5.95 Å². The summed E-state index contributed by atoms with van der Waals surface area (Å²) in [5.41, 5.74) is 0. The number of aliphatic hydroxyl groups excluding tert-OH is 1. The van der Waals surface area contributed by atoms with Crippen molar-refractivity contribution in [2.24, 2.45) is 0 Å². The van der Waals surface area contributed by atoms with Gasteiger partial charge in [0.05, 0.1) is 6.08 Å². The highest BCUT2D eigenvalue weighted by Crippen LogP contribution is 1.69. The molecule has 0 aromatic heterocycles. The van der Waals surface area contributed by atoms with Crippen molar-refractivity contribution in [3.63, 3.8) is 0 Å². The van der Waals surface area contributed by atoms with Gasteiger partial charge in [-0.15, -0.1) is 0 Å². The van der Waals surface area contributed by atoms with Gasteiger partial charge < -0.3 is 10.2 Å². The van der Waals surface area contributed by atoms with E-state index in [1.165, 1.54) is 0 Å². The Morgan fingerprint density at radius 1 is 1.50 bits per heavy atom. The zero-order valence-corrected chi connectivity index (χ0v) is 2.96. The van der Waals surface area contributed by atoms with Crippen LogP contribution in [0.3, 0.4) is 0 Å². The van der Waals surface area contributed by atoms with E-state index in [-0.39, 0.29) is 6.29 Å². The van der Waals surface area contributed by atoms with Crippen molar-refractivity contribution in [2.75, 3.05) is 0 Å². The summed E-state index contributed by atoms with van der Waals surface area (Å²) in [5, 5.41) is 15.5. The van der Waals surface area contributed by atoms with Crippen molar-refractivity contribution in [1.82, 2.24) is 0 Å². The second-order valence-electron chi connectivity index (χ2n) is 0.661. The van der Waals surface area contributed by atoms with Crippen LogP contribution in [0.25, 0.3) is 0 Å². The molecule has 0 atom stereocenters. The number of hydrogen-bond donors (Lipinski definition) is 2. The van der Waals surface area contributed by atoms with Gasteiger partial charge in [-0.25, -0.2) is 0 Å². The summed E-state index contributed by atoms with van der Waals surface area (Å²) in [5.74, 6) is -0.954. The summed E-state index contributed by atoms with van der Waals surface area (Å²) in [7, 11) is 0. The number of rotatable bonds is 1. The summed E-state index contributed by atoms with van der Waals surface area (Å²) in [4.78, 5) is 9.22. The van der Waals surface area contributed by atoms with E-state index >= 15 is 0 Å². The minimum atomic E-state index is -0.954. The van der Waals surface area contributed by atoms with Crippen LogP contribution < -0.4 is 0 Å². The maximum atomic E-state index is 9.22. The SMILES string of the molecule is O=CC=C(O)O. The van der Waals surface area contributed by atoms with Crippen molar-refractivity contribution in [2.45, 2.75) is 0 Å². The van der Waals surface area contributed by atoms with Gasteiger partial charge in [0.15, 0.2) is 0 Å². The van der Waals surface area contributed by atoms with E-state index in [1.807, 2.05) is 0 Å². The third kappa shape index (κ3) is 3.01. The third-order valence-electron chi connectivity index (χ3n) is 0.217. The first-order valence-corrected chi connectivity index (χ1v) is 1.30. The molecular weight excluding hydrogens is 84.0 g/mol. The summed E-state index contributed by atoms with van der Waals surface area (Å²) in [6.07, 6.45) is 0.926. The van der Waals surface area contributed by atoms with Crippen LogP contribution in [0.1, 0.15) is 0 Å². The van der Waals surface area contributed by atoms with Gasteiger partial charge in [0, 0.05) is 0 Å². The first-order chi connectivity index (χ1) is 2.77. The van der Waals surface area contributed by atoms with Crippen LogP contribution >= 0.6 is 0 Å². The number of aldehydes is 1. The second kappa shape index (κ2) is 2.26. The molecule has 34 valence electrons. The second-order valence-corrected chi connectivity index (χ2v) is 0.661. The lowest BCUT2D eigenvalue weighted by atomic mass is 10.7. The zero-order valence-electron chi connectivity index (χ0n) is 2.96. The molecule has 0 rings (SSSR count). The Balaban J connectivity index is 3.41. The molecule has 0 aromatic rings. The van der Waals surface area contributed by atoms with E-state index in [2.05, 4.69) is 0 Å². The number of allylic oxidation sites excluding steroid dienone is 1. The summed E-state index contributed by atoms with van der Waals surface area (Å²) < 4.78 is 0. The first-order valence-electron chi connectivity index (χ1n) is 1.30. The van der Waals surface area contributed by atoms with Crippen molar-refractivity contribution >= 4 is 6.29 Å². The average Bonchev–Trinajstić information content (AvgIpc) is 1.35. The van der Waals surface area contributed by atoms with E-state index in [1.54, 1.807) is 0 Å². The van der Waals surface area contributed by atoms with Crippen LogP contribution in [0.15, 0.2) is 12.0 Å². The summed E-state index contributed by atoms with van der Waals surface area (Å²) in [6, 6.07) is 0. The van der Waals surface area contributed by atoms with Crippen molar-refractivity contribution in [3.8, 4) is 0 Å². The van der Waals surface area contributed by atoms with Gasteiger partial charge in [-0.05, 0) is 0 Å². The van der Waals surface area contributed by atoms with Gasteiger partial charge >= 0.3 is 0 Å². The maximum Gasteiger partial charge on any atom is 0.277 e. The average molecular weight is 88.1 g/mol. The molecule has 3 heteroatoms. The topological polar surface area (TPSA) is 57.5 Å². The van der Waals surface area contributed by atoms with E-state index in [0.29, 0.717) is 6.08 Å². The van der Waals surface area contributed by atoms with Crippen LogP contribution in [0, 0.1) is 0 Å². The lowest BCUT2D eigenvalue weighted by molar-refractivity contribution is -0.104. The Morgan fingerprint density at radius 3 is 2.00 bits per heavy atom. The van der Waals surface area contributed by atoms with Crippen LogP contribution in [0.5, 0.6) is 0 Å². The molecule has 3 nitrogen and oxygen atoms in total. The third-order valence-corrected chi connectivity index (χ3v) is 0.217. The Bertz CT molecular complexity index is 70.1. The molecule has 0 aliphatic carbocycles. The molecule has 0 unspecified atom stereocenters. The molecule has 0 heterocycles. The van der Waals surface area contributed by atoms with Crippen LogP contribution in [0.4, 0.5) is 0 Å². The van der Waals surface area contributed by atoms with Gasteiger partial charge in [-0.1, -0.05) is 0 Å². The van der Waals surface area contributed by atoms with Crippen LogP contribution in [-0.4, -0.2) is 16.5 Å². The van der Waals surface area contributed by atoms with Crippen LogP contribution in [-0.2, 0) is 4.79 Å². The zero-order chi connectivity index (χ0) is 4.99. The molecule has 0 amide bonds. The molecule has 0 fully saturated rings. The van der Waals surface area contributed by atoms with E-state index in [0.717, 1.165) is 0 Å². The highest BCUT2D eigenvalue weighted by atomic mass is 16.5. The molecular formula is C3H4O3. The smallest absolute Gasteiger partial charge is 0.277 e. The Hall–Kier alpha value is -0.990. The lowest BCUT2D eigenvalue weighted by Crippen LogP contribution is -1.73. The predicted molar refractivity (Wildman–Crippen MR) is 19.4 cm³/mol. The summed E-state index contributed by atoms with van der Waals surface area (Å²) in [6.45, 7) is 0. The molecule has 0 aromatic carbocycles. The largest absolute Gasteiger partial charge is 0.481 e. The molecule has 0 spiro atoms. The standard InChI is InChI=1S/C3H4O3/c4-2-1-3(5)6/h1-2,5-6H. The predicted octanol–water partition coefficient (Wildman–Crippen LogP) is 0.143. The molecule has 2 N–H and O–H groups in total. The fraction of sp³-hybridized carbons (Fsp3) is 0. The minimum Gasteiger partial charge on any atom is -0.481 e. The fourth-order valence-corrected chi connectivity index (χ4v) is 0.0609. The first kappa shape index (κ1) is 5.01. The molecule has 0 bridgehead atoms. The minimum absolute atomic E-state index is 0.287. The van der Waals surface area contributed by atoms with Gasteiger partial charge in [0.1, 0.15) is 6.29 Å². The number of hydrogen-bond acceptors (Lipinski definition) is 3. The van der Waals surface area contributed by atoms with Gasteiger partial charge in [0.2, 0.25) is 0 Å². The molecule has 0 aliphatic heterocycles. The number of carbonyl (C=O) groups excluding carboxylic acids is 1. The summed E-state index contributed by atoms with van der Waals surface area (Å²) >= 11 is 0. The quantitative estimate of drug-likeness (QED) is 0.272. The molecule has 0 aliphatic rings. The lowest BCUT2D eigenvalue weighted by Gasteiger charge is -1.74. The molecule has 0 radical (unpaired) electrons. The van der Waals surface area contributed by atoms with E-state index in [9.17, 15) is 4.79 Å². The highest BCUT2D eigenvalue weighted by Gasteiger charge is 1.73. The van der Waals surface area contributed by atoms with Crippen molar-refractivity contribution in [1.29, 1.82) is 0 Å². The Kier molecular flexibility index (Phi) is 1.89. The van der Waals surface area contributed by atoms with Gasteiger partial charge in [-0.3, -0.25) is 4.79 Å². The Labute approximate surface area is 34.5 Å². The molecule has 0 saturated carbocycles. The highest BCUT2D eigenvalue weighted by molar-refractivity contribution is 5.64. The van der Waals surface area contributed by atoms with Crippen LogP contribution in [0.2, 0.25) is 0 Å². The Morgan fingerprint density at radius 2 is 2.00 bits per heavy atom. The van der Waals surface area contributed by atoms with Crippen molar-refractivity contribution < 1.29 is 15.0 Å². The van der Waals surface area contributed by atoms with E-state index in [4.69, 9.17) is 10.2 Å². The van der Waals surface area contributed by atoms with E-state index < -0.39 is 5.95 Å².